The summed E-state index contributed by atoms with van der Waals surface area (Å²) in [5.41, 5.74) is 0.476. The summed E-state index contributed by atoms with van der Waals surface area (Å²) in [6.45, 7) is -0.423. The predicted molar refractivity (Wildman–Crippen MR) is 90.6 cm³/mol. The third-order valence-corrected chi connectivity index (χ3v) is 3.74. The smallest absolute Gasteiger partial charge is 0.340 e. The molecule has 0 aliphatic carbocycles. The van der Waals surface area contributed by atoms with Gasteiger partial charge in [-0.2, -0.15) is 0 Å². The number of Topliss-reactive ketones (excluding diaryl/α,β-unsaturated/α-hetero) is 1. The Balaban J connectivity index is 2.06. The number of esters is 1. The van der Waals surface area contributed by atoms with Crippen molar-refractivity contribution in [3.05, 3.63) is 57.6 Å². The number of hydrogen-bond donors (Lipinski definition) is 0. The molecule has 0 aliphatic heterocycles. The summed E-state index contributed by atoms with van der Waals surface area (Å²) < 4.78 is 15.2. The van der Waals surface area contributed by atoms with E-state index in [0.29, 0.717) is 22.1 Å². The zero-order valence-electron chi connectivity index (χ0n) is 13.0. The van der Waals surface area contributed by atoms with Crippen molar-refractivity contribution in [2.24, 2.45) is 0 Å². The minimum absolute atomic E-state index is 0.140. The van der Waals surface area contributed by atoms with Crippen molar-refractivity contribution in [2.75, 3.05) is 20.8 Å². The number of carbonyl (C=O) groups is 2. The summed E-state index contributed by atoms with van der Waals surface area (Å²) in [6, 6.07) is 9.06. The predicted octanol–water partition coefficient (Wildman–Crippen LogP) is 4.05. The quantitative estimate of drug-likeness (QED) is 0.568. The molecule has 2 rings (SSSR count). The Labute approximate surface area is 149 Å². The molecule has 0 unspecified atom stereocenters. The number of halogens is 2. The maximum atomic E-state index is 12.2. The molecule has 24 heavy (non-hydrogen) atoms. The average Bonchev–Trinajstić information content (AvgIpc) is 2.58. The van der Waals surface area contributed by atoms with Crippen molar-refractivity contribution in [2.45, 2.75) is 0 Å². The number of ketones is 1. The monoisotopic (exact) mass is 368 g/mol. The molecule has 2 aromatic rings. The number of ether oxygens (including phenoxy) is 3. The van der Waals surface area contributed by atoms with E-state index in [9.17, 15) is 9.59 Å². The summed E-state index contributed by atoms with van der Waals surface area (Å²) in [5.74, 6) is -0.172. The molecule has 0 radical (unpaired) electrons. The largest absolute Gasteiger partial charge is 0.493 e. The molecule has 0 aliphatic rings. The van der Waals surface area contributed by atoms with Crippen LogP contribution < -0.4 is 9.47 Å². The van der Waals surface area contributed by atoms with Gasteiger partial charge in [-0.15, -0.1) is 0 Å². The first-order valence-electron chi connectivity index (χ1n) is 6.83. The zero-order chi connectivity index (χ0) is 17.7. The summed E-state index contributed by atoms with van der Waals surface area (Å²) >= 11 is 11.7. The van der Waals surface area contributed by atoms with Gasteiger partial charge in [0.2, 0.25) is 0 Å². The standard InChI is InChI=1S/C17H14Cl2O5/c1-22-15-6-3-10(7-16(15)23-2)14(20)9-24-17(21)12-5-4-11(18)8-13(12)19/h3-8H,9H2,1-2H3. The van der Waals surface area contributed by atoms with Gasteiger partial charge in [0.25, 0.3) is 0 Å². The lowest BCUT2D eigenvalue weighted by molar-refractivity contribution is 0.0475. The van der Waals surface area contributed by atoms with Crippen molar-refractivity contribution in [3.8, 4) is 11.5 Å². The molecular weight excluding hydrogens is 355 g/mol. The lowest BCUT2D eigenvalue weighted by atomic mass is 10.1. The molecule has 0 fully saturated rings. The van der Waals surface area contributed by atoms with Crippen LogP contribution in [0.4, 0.5) is 0 Å². The Morgan fingerprint density at radius 3 is 2.29 bits per heavy atom. The second-order valence-electron chi connectivity index (χ2n) is 4.69. The second-order valence-corrected chi connectivity index (χ2v) is 5.54. The number of benzene rings is 2. The van der Waals surface area contributed by atoms with Crippen LogP contribution in [0.1, 0.15) is 20.7 Å². The first-order valence-corrected chi connectivity index (χ1v) is 7.59. The van der Waals surface area contributed by atoms with Gasteiger partial charge in [0.15, 0.2) is 23.9 Å². The van der Waals surface area contributed by atoms with Gasteiger partial charge in [0, 0.05) is 10.6 Å². The molecule has 0 aromatic heterocycles. The van der Waals surface area contributed by atoms with Gasteiger partial charge in [-0.1, -0.05) is 23.2 Å². The average molecular weight is 369 g/mol. The van der Waals surface area contributed by atoms with E-state index < -0.39 is 12.6 Å². The Kier molecular flexibility index (Phi) is 6.06. The van der Waals surface area contributed by atoms with Gasteiger partial charge in [0.1, 0.15) is 0 Å². The number of methoxy groups -OCH3 is 2. The van der Waals surface area contributed by atoms with Crippen LogP contribution in [0.15, 0.2) is 36.4 Å². The molecule has 7 heteroatoms. The van der Waals surface area contributed by atoms with Crippen LogP contribution in [0.25, 0.3) is 0 Å². The van der Waals surface area contributed by atoms with E-state index >= 15 is 0 Å². The highest BCUT2D eigenvalue weighted by Crippen LogP contribution is 2.28. The third-order valence-electron chi connectivity index (χ3n) is 3.19. The van der Waals surface area contributed by atoms with Gasteiger partial charge >= 0.3 is 5.97 Å². The number of carbonyl (C=O) groups excluding carboxylic acids is 2. The molecule has 0 amide bonds. The topological polar surface area (TPSA) is 61.8 Å². The zero-order valence-corrected chi connectivity index (χ0v) is 14.5. The molecule has 126 valence electrons. The molecule has 0 spiro atoms. The van der Waals surface area contributed by atoms with Gasteiger partial charge in [-0.25, -0.2) is 4.79 Å². The van der Waals surface area contributed by atoms with Crippen LogP contribution in [0.3, 0.4) is 0 Å². The molecule has 0 saturated carbocycles. The maximum absolute atomic E-state index is 12.2. The Morgan fingerprint density at radius 2 is 1.67 bits per heavy atom. The number of hydrogen-bond acceptors (Lipinski definition) is 5. The van der Waals surface area contributed by atoms with Crippen molar-refractivity contribution in [1.82, 2.24) is 0 Å². The van der Waals surface area contributed by atoms with E-state index in [4.69, 9.17) is 37.4 Å². The fourth-order valence-corrected chi connectivity index (χ4v) is 2.44. The minimum atomic E-state index is -0.703. The van der Waals surface area contributed by atoms with Crippen molar-refractivity contribution >= 4 is 35.0 Å². The van der Waals surface area contributed by atoms with Crippen molar-refractivity contribution < 1.29 is 23.8 Å². The fraction of sp³-hybridized carbons (Fsp3) is 0.176. The van der Waals surface area contributed by atoms with Crippen molar-refractivity contribution in [3.63, 3.8) is 0 Å². The molecule has 0 N–H and O–H groups in total. The van der Waals surface area contributed by atoms with E-state index in [-0.39, 0.29) is 16.4 Å². The molecule has 2 aromatic carbocycles. The van der Waals surface area contributed by atoms with Gasteiger partial charge in [-0.05, 0) is 36.4 Å². The van der Waals surface area contributed by atoms with E-state index in [1.807, 2.05) is 0 Å². The lowest BCUT2D eigenvalue weighted by Gasteiger charge is -2.09. The first kappa shape index (κ1) is 18.1. The fourth-order valence-electron chi connectivity index (χ4n) is 1.96. The summed E-state index contributed by atoms with van der Waals surface area (Å²) in [7, 11) is 2.96. The molecule has 0 heterocycles. The van der Waals surface area contributed by atoms with E-state index in [1.165, 1.54) is 38.5 Å². The van der Waals surface area contributed by atoms with Crippen LogP contribution in [-0.4, -0.2) is 32.6 Å². The lowest BCUT2D eigenvalue weighted by Crippen LogP contribution is -2.14. The molecule has 0 saturated heterocycles. The van der Waals surface area contributed by atoms with Gasteiger partial charge in [0.05, 0.1) is 24.8 Å². The summed E-state index contributed by atoms with van der Waals surface area (Å²) in [6.07, 6.45) is 0. The molecular formula is C17H14Cl2O5. The highest BCUT2D eigenvalue weighted by Gasteiger charge is 2.16. The summed E-state index contributed by atoms with van der Waals surface area (Å²) in [5, 5.41) is 0.559. The van der Waals surface area contributed by atoms with Crippen molar-refractivity contribution in [1.29, 1.82) is 0 Å². The normalized spacial score (nSPS) is 10.2. The Bertz CT molecular complexity index is 774. The van der Waals surface area contributed by atoms with Crippen LogP contribution in [0.2, 0.25) is 10.0 Å². The number of rotatable bonds is 6. The maximum Gasteiger partial charge on any atom is 0.340 e. The van der Waals surface area contributed by atoms with E-state index in [1.54, 1.807) is 12.1 Å². The van der Waals surface area contributed by atoms with Gasteiger partial charge in [-0.3, -0.25) is 4.79 Å². The second kappa shape index (κ2) is 8.04. The Hall–Kier alpha value is -2.24. The molecule has 0 atom stereocenters. The third kappa shape index (κ3) is 4.19. The summed E-state index contributed by atoms with van der Waals surface area (Å²) in [4.78, 5) is 24.1. The van der Waals surface area contributed by atoms with Gasteiger partial charge < -0.3 is 14.2 Å². The first-order chi connectivity index (χ1) is 11.5. The SMILES string of the molecule is COc1ccc(C(=O)COC(=O)c2ccc(Cl)cc2Cl)cc1OC. The molecule has 5 nitrogen and oxygen atoms in total. The highest BCUT2D eigenvalue weighted by molar-refractivity contribution is 6.36. The van der Waals surface area contributed by atoms with Crippen LogP contribution >= 0.6 is 23.2 Å². The molecule has 0 bridgehead atoms. The highest BCUT2D eigenvalue weighted by atomic mass is 35.5. The van der Waals surface area contributed by atoms with Crippen LogP contribution in [-0.2, 0) is 4.74 Å². The Morgan fingerprint density at radius 1 is 0.958 bits per heavy atom. The minimum Gasteiger partial charge on any atom is -0.493 e. The van der Waals surface area contributed by atoms with Crippen LogP contribution in [0, 0.1) is 0 Å². The van der Waals surface area contributed by atoms with Crippen LogP contribution in [0.5, 0.6) is 11.5 Å². The van der Waals surface area contributed by atoms with E-state index in [0.717, 1.165) is 0 Å². The van der Waals surface area contributed by atoms with E-state index in [2.05, 4.69) is 0 Å².